The van der Waals surface area contributed by atoms with Gasteiger partial charge < -0.3 is 24.2 Å². The Morgan fingerprint density at radius 2 is 1.76 bits per heavy atom. The van der Waals surface area contributed by atoms with E-state index in [2.05, 4.69) is 6.92 Å². The highest BCUT2D eigenvalue weighted by Crippen LogP contribution is 2.43. The van der Waals surface area contributed by atoms with E-state index in [1.54, 1.807) is 31.4 Å². The monoisotopic (exact) mass is 473 g/mol. The molecule has 1 amide bonds. The van der Waals surface area contributed by atoms with Gasteiger partial charge in [0.25, 0.3) is 11.7 Å². The van der Waals surface area contributed by atoms with Crippen molar-refractivity contribution in [2.45, 2.75) is 32.2 Å². The molecule has 1 saturated heterocycles. The number of Topliss-reactive ketones (excluding diaryl/α,β-unsaturated/α-hetero) is 1. The molecule has 0 aliphatic carbocycles. The standard InChI is InChI=1S/C25H28ClNO6/c1-5-6-7-11-27-22(15-9-8-10-16(12-15)31-2)21(24(29)25(27)30)23(28)17-13-20(33-4)18(26)14-19(17)32-3/h8-10,12-14,22,28H,5-7,11H2,1-4H3/b23-21+. The van der Waals surface area contributed by atoms with E-state index in [-0.39, 0.29) is 27.7 Å². The molecule has 1 N–H and O–H groups in total. The van der Waals surface area contributed by atoms with Gasteiger partial charge in [0.1, 0.15) is 23.0 Å². The summed E-state index contributed by atoms with van der Waals surface area (Å²) in [6.45, 7) is 2.45. The summed E-state index contributed by atoms with van der Waals surface area (Å²) < 4.78 is 16.0. The van der Waals surface area contributed by atoms with E-state index in [4.69, 9.17) is 25.8 Å². The predicted octanol–water partition coefficient (Wildman–Crippen LogP) is 4.98. The third-order valence-electron chi connectivity index (χ3n) is 5.68. The number of carbonyl (C=O) groups excluding carboxylic acids is 2. The number of carbonyl (C=O) groups is 2. The molecule has 1 aliphatic rings. The molecule has 0 spiro atoms. The van der Waals surface area contributed by atoms with Crippen molar-refractivity contribution < 1.29 is 28.9 Å². The van der Waals surface area contributed by atoms with Gasteiger partial charge in [-0.3, -0.25) is 9.59 Å². The molecule has 0 radical (unpaired) electrons. The number of hydrogen-bond donors (Lipinski definition) is 1. The number of halogens is 1. The van der Waals surface area contributed by atoms with Gasteiger partial charge in [-0.25, -0.2) is 0 Å². The molecule has 1 fully saturated rings. The van der Waals surface area contributed by atoms with Crippen LogP contribution in [0.1, 0.15) is 43.4 Å². The van der Waals surface area contributed by atoms with Crippen molar-refractivity contribution in [3.63, 3.8) is 0 Å². The molecule has 8 heteroatoms. The number of amides is 1. The zero-order valence-corrected chi connectivity index (χ0v) is 19.9. The van der Waals surface area contributed by atoms with Crippen molar-refractivity contribution in [2.75, 3.05) is 27.9 Å². The Hall–Kier alpha value is -3.19. The number of rotatable bonds is 9. The highest BCUT2D eigenvalue weighted by molar-refractivity contribution is 6.46. The number of benzene rings is 2. The van der Waals surface area contributed by atoms with Gasteiger partial charge in [-0.15, -0.1) is 0 Å². The van der Waals surface area contributed by atoms with Crippen LogP contribution in [-0.2, 0) is 9.59 Å². The number of aliphatic hydroxyl groups excluding tert-OH is 1. The number of nitrogens with zero attached hydrogens (tertiary/aromatic N) is 1. The Bertz CT molecular complexity index is 1080. The van der Waals surface area contributed by atoms with Crippen LogP contribution in [0.25, 0.3) is 5.76 Å². The van der Waals surface area contributed by atoms with Gasteiger partial charge in [0, 0.05) is 12.6 Å². The highest BCUT2D eigenvalue weighted by atomic mass is 35.5. The van der Waals surface area contributed by atoms with E-state index in [1.165, 1.54) is 31.3 Å². The molecular formula is C25H28ClNO6. The van der Waals surface area contributed by atoms with Crippen LogP contribution in [0.2, 0.25) is 5.02 Å². The lowest BCUT2D eigenvalue weighted by molar-refractivity contribution is -0.139. The van der Waals surface area contributed by atoms with Crippen LogP contribution in [0.3, 0.4) is 0 Å². The first-order chi connectivity index (χ1) is 15.9. The summed E-state index contributed by atoms with van der Waals surface area (Å²) in [5.74, 6) is -0.634. The number of methoxy groups -OCH3 is 3. The lowest BCUT2D eigenvalue weighted by Gasteiger charge is -2.25. The molecule has 0 saturated carbocycles. The number of ketones is 1. The normalized spacial score (nSPS) is 17.4. The second-order valence-corrected chi connectivity index (χ2v) is 8.07. The van der Waals surface area contributed by atoms with Gasteiger partial charge in [0.05, 0.1) is 43.5 Å². The molecule has 1 aliphatic heterocycles. The molecule has 1 heterocycles. The van der Waals surface area contributed by atoms with Crippen molar-refractivity contribution in [1.29, 1.82) is 0 Å². The minimum absolute atomic E-state index is 0.0209. The first-order valence-electron chi connectivity index (χ1n) is 10.7. The molecule has 0 aromatic heterocycles. The van der Waals surface area contributed by atoms with Crippen molar-refractivity contribution >= 4 is 29.1 Å². The van der Waals surface area contributed by atoms with Crippen LogP contribution in [0, 0.1) is 0 Å². The average Bonchev–Trinajstić information content (AvgIpc) is 3.08. The van der Waals surface area contributed by atoms with E-state index in [0.29, 0.717) is 23.6 Å². The van der Waals surface area contributed by atoms with Gasteiger partial charge in [-0.1, -0.05) is 43.5 Å². The number of aliphatic hydroxyl groups is 1. The number of ether oxygens (including phenoxy) is 3. The Morgan fingerprint density at radius 1 is 1.03 bits per heavy atom. The molecule has 33 heavy (non-hydrogen) atoms. The first-order valence-corrected chi connectivity index (χ1v) is 11.1. The molecular weight excluding hydrogens is 446 g/mol. The van der Waals surface area contributed by atoms with Gasteiger partial charge >= 0.3 is 0 Å². The van der Waals surface area contributed by atoms with Crippen molar-refractivity contribution in [3.8, 4) is 17.2 Å². The van der Waals surface area contributed by atoms with Crippen LogP contribution < -0.4 is 14.2 Å². The van der Waals surface area contributed by atoms with Crippen LogP contribution >= 0.6 is 11.6 Å². The lowest BCUT2D eigenvalue weighted by Crippen LogP contribution is -2.30. The Morgan fingerprint density at radius 3 is 2.39 bits per heavy atom. The van der Waals surface area contributed by atoms with E-state index < -0.39 is 17.7 Å². The fraction of sp³-hybridized carbons (Fsp3) is 0.360. The summed E-state index contributed by atoms with van der Waals surface area (Å²) in [5, 5.41) is 11.6. The summed E-state index contributed by atoms with van der Waals surface area (Å²) in [6.07, 6.45) is 2.62. The Labute approximate surface area is 198 Å². The zero-order chi connectivity index (χ0) is 24.1. The third-order valence-corrected chi connectivity index (χ3v) is 5.98. The van der Waals surface area contributed by atoms with Crippen LogP contribution in [0.4, 0.5) is 0 Å². The number of hydrogen-bond acceptors (Lipinski definition) is 6. The molecule has 2 aromatic carbocycles. The molecule has 2 aromatic rings. The van der Waals surface area contributed by atoms with Crippen LogP contribution in [0.5, 0.6) is 17.2 Å². The molecule has 7 nitrogen and oxygen atoms in total. The quantitative estimate of drug-likeness (QED) is 0.239. The maximum atomic E-state index is 13.2. The fourth-order valence-corrected chi connectivity index (χ4v) is 4.22. The van der Waals surface area contributed by atoms with E-state index in [9.17, 15) is 14.7 Å². The van der Waals surface area contributed by atoms with E-state index >= 15 is 0 Å². The van der Waals surface area contributed by atoms with E-state index in [1.807, 2.05) is 0 Å². The lowest BCUT2D eigenvalue weighted by atomic mass is 9.94. The summed E-state index contributed by atoms with van der Waals surface area (Å²) in [4.78, 5) is 27.7. The fourth-order valence-electron chi connectivity index (χ4n) is 3.99. The predicted molar refractivity (Wildman–Crippen MR) is 126 cm³/mol. The second-order valence-electron chi connectivity index (χ2n) is 7.66. The average molecular weight is 474 g/mol. The minimum Gasteiger partial charge on any atom is -0.507 e. The summed E-state index contributed by atoms with van der Waals surface area (Å²) >= 11 is 6.20. The summed E-state index contributed by atoms with van der Waals surface area (Å²) in [5.41, 5.74) is 0.845. The highest BCUT2D eigenvalue weighted by Gasteiger charge is 2.46. The Balaban J connectivity index is 2.23. The zero-order valence-electron chi connectivity index (χ0n) is 19.2. The second kappa shape index (κ2) is 10.6. The van der Waals surface area contributed by atoms with Gasteiger partial charge in [-0.2, -0.15) is 0 Å². The van der Waals surface area contributed by atoms with Gasteiger partial charge in [0.2, 0.25) is 0 Å². The summed E-state index contributed by atoms with van der Waals surface area (Å²) in [7, 11) is 4.42. The van der Waals surface area contributed by atoms with Crippen molar-refractivity contribution in [1.82, 2.24) is 4.90 Å². The largest absolute Gasteiger partial charge is 0.507 e. The molecule has 1 atom stereocenters. The third kappa shape index (κ3) is 4.78. The smallest absolute Gasteiger partial charge is 0.295 e. The maximum absolute atomic E-state index is 13.2. The molecule has 0 bridgehead atoms. The topological polar surface area (TPSA) is 85.3 Å². The number of likely N-dealkylation sites (tertiary alicyclic amines) is 1. The summed E-state index contributed by atoms with van der Waals surface area (Å²) in [6, 6.07) is 9.33. The van der Waals surface area contributed by atoms with Crippen molar-refractivity contribution in [2.24, 2.45) is 0 Å². The SMILES string of the molecule is CCCCCN1C(=O)C(=O)/C(=C(/O)c2cc(OC)c(Cl)cc2OC)C1c1cccc(OC)c1. The Kier molecular flexibility index (Phi) is 7.87. The van der Waals surface area contributed by atoms with Crippen LogP contribution in [0.15, 0.2) is 42.0 Å². The minimum atomic E-state index is -0.775. The molecule has 176 valence electrons. The van der Waals surface area contributed by atoms with Crippen molar-refractivity contribution in [3.05, 3.63) is 58.1 Å². The van der Waals surface area contributed by atoms with Gasteiger partial charge in [0.15, 0.2) is 0 Å². The first kappa shape index (κ1) is 24.5. The van der Waals surface area contributed by atoms with E-state index in [0.717, 1.165) is 19.3 Å². The van der Waals surface area contributed by atoms with Crippen LogP contribution in [-0.4, -0.2) is 49.6 Å². The number of unbranched alkanes of at least 4 members (excludes halogenated alkanes) is 2. The molecule has 3 rings (SSSR count). The van der Waals surface area contributed by atoms with Gasteiger partial charge in [-0.05, 0) is 30.2 Å². The molecule has 1 unspecified atom stereocenters. The maximum Gasteiger partial charge on any atom is 0.295 e.